The van der Waals surface area contributed by atoms with Gasteiger partial charge in [0.25, 0.3) is 5.56 Å². The molecule has 1 fully saturated rings. The van der Waals surface area contributed by atoms with Crippen molar-refractivity contribution in [1.29, 1.82) is 0 Å². The quantitative estimate of drug-likeness (QED) is 0.681. The van der Waals surface area contributed by atoms with E-state index in [0.717, 1.165) is 44.8 Å². The first-order chi connectivity index (χ1) is 13.6. The molecule has 5 heteroatoms. The lowest BCUT2D eigenvalue weighted by Crippen LogP contribution is -2.36. The van der Waals surface area contributed by atoms with Gasteiger partial charge in [-0.2, -0.15) is 0 Å². The molecule has 0 spiro atoms. The van der Waals surface area contributed by atoms with Gasteiger partial charge in [-0.15, -0.1) is 0 Å². The zero-order valence-electron chi connectivity index (χ0n) is 16.6. The van der Waals surface area contributed by atoms with Crippen LogP contribution in [0.3, 0.4) is 0 Å². The van der Waals surface area contributed by atoms with Crippen LogP contribution < -0.4 is 10.3 Å². The van der Waals surface area contributed by atoms with E-state index in [2.05, 4.69) is 41.1 Å². The van der Waals surface area contributed by atoms with Crippen LogP contribution in [0.5, 0.6) is 5.75 Å². The Balaban J connectivity index is 1.40. The highest BCUT2D eigenvalue weighted by atomic mass is 16.5. The normalized spacial score (nSPS) is 15.8. The highest BCUT2D eigenvalue weighted by Crippen LogP contribution is 2.22. The van der Waals surface area contributed by atoms with Crippen LogP contribution in [0.15, 0.2) is 53.6 Å². The van der Waals surface area contributed by atoms with Crippen LogP contribution in [-0.4, -0.2) is 34.7 Å². The average molecular weight is 377 g/mol. The van der Waals surface area contributed by atoms with Gasteiger partial charge in [0.2, 0.25) is 0 Å². The van der Waals surface area contributed by atoms with Gasteiger partial charge in [0.05, 0.1) is 24.3 Å². The van der Waals surface area contributed by atoms with Crippen molar-refractivity contribution in [3.63, 3.8) is 0 Å². The molecule has 0 bridgehead atoms. The van der Waals surface area contributed by atoms with Crippen LogP contribution in [0.2, 0.25) is 0 Å². The first-order valence-electron chi connectivity index (χ1n) is 9.94. The van der Waals surface area contributed by atoms with Crippen molar-refractivity contribution >= 4 is 10.9 Å². The number of piperidine rings is 1. The van der Waals surface area contributed by atoms with Gasteiger partial charge in [-0.3, -0.25) is 14.3 Å². The van der Waals surface area contributed by atoms with E-state index >= 15 is 0 Å². The number of rotatable bonds is 5. The summed E-state index contributed by atoms with van der Waals surface area (Å²) in [6.07, 6.45) is 3.90. The standard InChI is InChI=1S/C23H27N3O2/c1-17-5-3-4-6-19(17)15-25-11-9-18(10-12-25)14-26-16-24-22-13-20(28-2)7-8-21(22)23(26)27/h3-8,13,16,18H,9-12,14-15H2,1-2H3. The Bertz CT molecular complexity index is 1020. The van der Waals surface area contributed by atoms with Gasteiger partial charge in [0.1, 0.15) is 5.75 Å². The second-order valence-corrected chi connectivity index (χ2v) is 7.73. The van der Waals surface area contributed by atoms with E-state index in [0.29, 0.717) is 16.8 Å². The summed E-state index contributed by atoms with van der Waals surface area (Å²) in [7, 11) is 1.62. The first kappa shape index (κ1) is 18.7. The molecular formula is C23H27N3O2. The van der Waals surface area contributed by atoms with Crippen molar-refractivity contribution in [1.82, 2.24) is 14.5 Å². The molecule has 0 atom stereocenters. The number of methoxy groups -OCH3 is 1. The number of nitrogens with zero attached hydrogens (tertiary/aromatic N) is 3. The van der Waals surface area contributed by atoms with E-state index in [-0.39, 0.29) is 5.56 Å². The zero-order chi connectivity index (χ0) is 19.5. The van der Waals surface area contributed by atoms with E-state index in [1.807, 2.05) is 18.2 Å². The molecule has 2 heterocycles. The number of hydrogen-bond donors (Lipinski definition) is 0. The summed E-state index contributed by atoms with van der Waals surface area (Å²) in [4.78, 5) is 19.8. The maximum atomic E-state index is 12.8. The lowest BCUT2D eigenvalue weighted by atomic mass is 9.96. The minimum absolute atomic E-state index is 0.0370. The number of ether oxygens (including phenoxy) is 1. The van der Waals surface area contributed by atoms with Crippen LogP contribution >= 0.6 is 0 Å². The third-order valence-corrected chi connectivity index (χ3v) is 5.85. The maximum absolute atomic E-state index is 12.8. The summed E-state index contributed by atoms with van der Waals surface area (Å²) in [5.74, 6) is 1.24. The lowest BCUT2D eigenvalue weighted by Gasteiger charge is -2.32. The van der Waals surface area contributed by atoms with Gasteiger partial charge in [-0.1, -0.05) is 24.3 Å². The Hall–Kier alpha value is -2.66. The molecule has 28 heavy (non-hydrogen) atoms. The number of aryl methyl sites for hydroxylation is 1. The Morgan fingerprint density at radius 2 is 1.93 bits per heavy atom. The van der Waals surface area contributed by atoms with Gasteiger partial charge < -0.3 is 4.74 Å². The largest absolute Gasteiger partial charge is 0.497 e. The fraction of sp³-hybridized carbons (Fsp3) is 0.391. The predicted octanol–water partition coefficient (Wildman–Crippen LogP) is 3.63. The second-order valence-electron chi connectivity index (χ2n) is 7.73. The number of hydrogen-bond acceptors (Lipinski definition) is 4. The number of aromatic nitrogens is 2. The molecule has 5 nitrogen and oxygen atoms in total. The maximum Gasteiger partial charge on any atom is 0.261 e. The topological polar surface area (TPSA) is 47.4 Å². The van der Waals surface area contributed by atoms with Crippen LogP contribution in [0.4, 0.5) is 0 Å². The molecule has 146 valence electrons. The molecule has 0 unspecified atom stereocenters. The molecule has 0 N–H and O–H groups in total. The first-order valence-corrected chi connectivity index (χ1v) is 9.94. The highest BCUT2D eigenvalue weighted by Gasteiger charge is 2.20. The van der Waals surface area contributed by atoms with Gasteiger partial charge in [0, 0.05) is 19.2 Å². The number of likely N-dealkylation sites (tertiary alicyclic amines) is 1. The van der Waals surface area contributed by atoms with E-state index in [1.165, 1.54) is 11.1 Å². The summed E-state index contributed by atoms with van der Waals surface area (Å²) in [6, 6.07) is 14.0. The monoisotopic (exact) mass is 377 g/mol. The van der Waals surface area contributed by atoms with Crippen molar-refractivity contribution in [3.8, 4) is 5.75 Å². The van der Waals surface area contributed by atoms with Crippen molar-refractivity contribution in [2.75, 3.05) is 20.2 Å². The van der Waals surface area contributed by atoms with Crippen LogP contribution in [-0.2, 0) is 13.1 Å². The average Bonchev–Trinajstić information content (AvgIpc) is 2.73. The summed E-state index contributed by atoms with van der Waals surface area (Å²) in [5, 5.41) is 0.653. The second kappa shape index (κ2) is 8.15. The molecule has 0 saturated carbocycles. The highest BCUT2D eigenvalue weighted by molar-refractivity contribution is 5.78. The molecule has 1 saturated heterocycles. The van der Waals surface area contributed by atoms with Crippen LogP contribution in [0, 0.1) is 12.8 Å². The minimum Gasteiger partial charge on any atom is -0.497 e. The van der Waals surface area contributed by atoms with Gasteiger partial charge in [0.15, 0.2) is 0 Å². The third-order valence-electron chi connectivity index (χ3n) is 5.85. The Kier molecular flexibility index (Phi) is 5.44. The van der Waals surface area contributed by atoms with Crippen molar-refractivity contribution in [2.45, 2.75) is 32.9 Å². The SMILES string of the molecule is COc1ccc2c(=O)n(CC3CCN(Cc4ccccc4C)CC3)cnc2c1. The summed E-state index contributed by atoms with van der Waals surface area (Å²) < 4.78 is 6.99. The Morgan fingerprint density at radius 3 is 2.68 bits per heavy atom. The Labute approximate surface area is 165 Å². The van der Waals surface area contributed by atoms with Crippen LogP contribution in [0.1, 0.15) is 24.0 Å². The molecule has 1 aliphatic heterocycles. The molecule has 0 amide bonds. The predicted molar refractivity (Wildman–Crippen MR) is 112 cm³/mol. The molecule has 0 aliphatic carbocycles. The van der Waals surface area contributed by atoms with Crippen molar-refractivity contribution in [3.05, 3.63) is 70.3 Å². The molecule has 1 aromatic heterocycles. The fourth-order valence-corrected chi connectivity index (χ4v) is 4.03. The van der Waals surface area contributed by atoms with E-state index in [4.69, 9.17) is 4.74 Å². The van der Waals surface area contributed by atoms with Gasteiger partial charge in [-0.25, -0.2) is 4.98 Å². The smallest absolute Gasteiger partial charge is 0.261 e. The van der Waals surface area contributed by atoms with Crippen LogP contribution in [0.25, 0.3) is 10.9 Å². The van der Waals surface area contributed by atoms with Gasteiger partial charge in [-0.05, 0) is 62.0 Å². The summed E-state index contributed by atoms with van der Waals surface area (Å²) >= 11 is 0. The fourth-order valence-electron chi connectivity index (χ4n) is 4.03. The number of benzene rings is 2. The Morgan fingerprint density at radius 1 is 1.14 bits per heavy atom. The van der Waals surface area contributed by atoms with Gasteiger partial charge >= 0.3 is 0 Å². The molecule has 0 radical (unpaired) electrons. The van der Waals surface area contributed by atoms with E-state index in [9.17, 15) is 4.79 Å². The van der Waals surface area contributed by atoms with E-state index in [1.54, 1.807) is 18.0 Å². The summed E-state index contributed by atoms with van der Waals surface area (Å²) in [5.41, 5.74) is 3.49. The molecule has 1 aliphatic rings. The zero-order valence-corrected chi connectivity index (χ0v) is 16.6. The molecule has 2 aromatic carbocycles. The van der Waals surface area contributed by atoms with E-state index < -0.39 is 0 Å². The number of fused-ring (bicyclic) bond motifs is 1. The molecule has 3 aromatic rings. The molecular weight excluding hydrogens is 350 g/mol. The van der Waals surface area contributed by atoms with Crippen molar-refractivity contribution < 1.29 is 4.74 Å². The van der Waals surface area contributed by atoms with Crippen molar-refractivity contribution in [2.24, 2.45) is 5.92 Å². The lowest BCUT2D eigenvalue weighted by molar-refractivity contribution is 0.166. The molecule has 4 rings (SSSR count). The minimum atomic E-state index is 0.0370. The third kappa shape index (κ3) is 3.94. The summed E-state index contributed by atoms with van der Waals surface area (Å²) in [6.45, 7) is 6.08.